The van der Waals surface area contributed by atoms with Crippen LogP contribution in [0.5, 0.6) is 0 Å². The summed E-state index contributed by atoms with van der Waals surface area (Å²) in [6.45, 7) is -0.159. The van der Waals surface area contributed by atoms with Gasteiger partial charge in [-0.15, -0.1) is 10.2 Å². The van der Waals surface area contributed by atoms with E-state index in [0.29, 0.717) is 0 Å². The van der Waals surface area contributed by atoms with Crippen molar-refractivity contribution in [3.8, 4) is 11.5 Å². The average molecular weight is 339 g/mol. The molecule has 0 radical (unpaired) electrons. The van der Waals surface area contributed by atoms with E-state index in [1.54, 1.807) is 0 Å². The Hall–Kier alpha value is -3.04. The van der Waals surface area contributed by atoms with E-state index >= 15 is 0 Å². The normalized spacial score (nSPS) is 11.0. The Bertz CT molecular complexity index is 817. The van der Waals surface area contributed by atoms with E-state index in [1.165, 1.54) is 18.5 Å². The van der Waals surface area contributed by atoms with Crippen molar-refractivity contribution in [3.05, 3.63) is 53.7 Å². The lowest BCUT2D eigenvalue weighted by Gasteiger charge is -2.07. The molecule has 0 aliphatic carbocycles. The Morgan fingerprint density at radius 2 is 1.71 bits per heavy atom. The third-order valence-corrected chi connectivity index (χ3v) is 3.01. The number of aromatic nitrogens is 4. The minimum absolute atomic E-state index is 0.0926. The Labute approximate surface area is 132 Å². The maximum Gasteiger partial charge on any atom is 0.314 e. The number of anilines is 1. The van der Waals surface area contributed by atoms with Crippen molar-refractivity contribution in [1.29, 1.82) is 0 Å². The molecule has 0 saturated heterocycles. The van der Waals surface area contributed by atoms with Crippen molar-refractivity contribution < 1.29 is 22.0 Å². The second kappa shape index (κ2) is 6.60. The standard InChI is InChI=1S/C14H9F4N5O/c15-9-2-1-3-10(16)8(9)6-21-14-19-4-7(5-20-14)12-22-23-13(24-12)11(17)18/h1-5,11H,6H2,(H,19,20,21). The highest BCUT2D eigenvalue weighted by molar-refractivity contribution is 5.50. The molecule has 3 aromatic rings. The van der Waals surface area contributed by atoms with E-state index in [-0.39, 0.29) is 29.5 Å². The smallest absolute Gasteiger partial charge is 0.314 e. The lowest BCUT2D eigenvalue weighted by atomic mass is 10.2. The molecule has 0 saturated carbocycles. The monoisotopic (exact) mass is 339 g/mol. The van der Waals surface area contributed by atoms with Crippen LogP contribution in [-0.2, 0) is 6.54 Å². The zero-order valence-electron chi connectivity index (χ0n) is 11.9. The molecule has 0 aliphatic heterocycles. The second-order valence-electron chi connectivity index (χ2n) is 4.60. The highest BCUT2D eigenvalue weighted by Gasteiger charge is 2.17. The highest BCUT2D eigenvalue weighted by Crippen LogP contribution is 2.22. The Kier molecular flexibility index (Phi) is 4.36. The molecule has 10 heteroatoms. The molecule has 2 aromatic heterocycles. The van der Waals surface area contributed by atoms with Crippen LogP contribution in [0.3, 0.4) is 0 Å². The first-order valence-corrected chi connectivity index (χ1v) is 6.65. The molecule has 0 amide bonds. The van der Waals surface area contributed by atoms with Gasteiger partial charge in [0.05, 0.1) is 5.56 Å². The average Bonchev–Trinajstić information content (AvgIpc) is 3.05. The summed E-state index contributed by atoms with van der Waals surface area (Å²) in [7, 11) is 0. The molecular formula is C14H9F4N5O. The van der Waals surface area contributed by atoms with Crippen molar-refractivity contribution in [1.82, 2.24) is 20.2 Å². The summed E-state index contributed by atoms with van der Waals surface area (Å²) >= 11 is 0. The van der Waals surface area contributed by atoms with Gasteiger partial charge >= 0.3 is 6.43 Å². The largest absolute Gasteiger partial charge is 0.415 e. The molecule has 0 aliphatic rings. The molecule has 6 nitrogen and oxygen atoms in total. The van der Waals surface area contributed by atoms with Crippen LogP contribution in [0.1, 0.15) is 17.9 Å². The molecule has 1 N–H and O–H groups in total. The van der Waals surface area contributed by atoms with Crippen LogP contribution in [-0.4, -0.2) is 20.2 Å². The van der Waals surface area contributed by atoms with E-state index in [0.717, 1.165) is 12.1 Å². The zero-order chi connectivity index (χ0) is 17.1. The van der Waals surface area contributed by atoms with Gasteiger partial charge in [-0.2, -0.15) is 8.78 Å². The Morgan fingerprint density at radius 3 is 2.29 bits per heavy atom. The summed E-state index contributed by atoms with van der Waals surface area (Å²) in [5, 5.41) is 9.30. The fourth-order valence-corrected chi connectivity index (χ4v) is 1.84. The third kappa shape index (κ3) is 3.31. The maximum atomic E-state index is 13.5. The number of hydrogen-bond donors (Lipinski definition) is 1. The van der Waals surface area contributed by atoms with Gasteiger partial charge in [0.15, 0.2) is 0 Å². The second-order valence-corrected chi connectivity index (χ2v) is 4.60. The quantitative estimate of drug-likeness (QED) is 0.719. The lowest BCUT2D eigenvalue weighted by Crippen LogP contribution is -2.07. The number of nitrogens with zero attached hydrogens (tertiary/aromatic N) is 4. The maximum absolute atomic E-state index is 13.5. The molecule has 3 rings (SSSR count). The molecule has 0 spiro atoms. The first-order chi connectivity index (χ1) is 11.5. The molecule has 1 aromatic carbocycles. The Morgan fingerprint density at radius 1 is 1.04 bits per heavy atom. The first kappa shape index (κ1) is 15.8. The topological polar surface area (TPSA) is 76.7 Å². The molecule has 124 valence electrons. The summed E-state index contributed by atoms with van der Waals surface area (Å²) in [4.78, 5) is 7.80. The molecule has 24 heavy (non-hydrogen) atoms. The predicted octanol–water partition coefficient (Wildman–Crippen LogP) is 3.35. The number of halogens is 4. The first-order valence-electron chi connectivity index (χ1n) is 6.65. The van der Waals surface area contributed by atoms with Gasteiger partial charge in [0, 0.05) is 24.5 Å². The van der Waals surface area contributed by atoms with E-state index in [1.807, 2.05) is 0 Å². The van der Waals surface area contributed by atoms with E-state index in [4.69, 9.17) is 4.42 Å². The van der Waals surface area contributed by atoms with Crippen LogP contribution in [0.2, 0.25) is 0 Å². The summed E-state index contributed by atoms with van der Waals surface area (Å²) in [5.74, 6) is -2.25. The van der Waals surface area contributed by atoms with Gasteiger partial charge in [0.25, 0.3) is 11.8 Å². The molecule has 0 unspecified atom stereocenters. The van der Waals surface area contributed by atoms with Crippen molar-refractivity contribution >= 4 is 5.95 Å². The van der Waals surface area contributed by atoms with Gasteiger partial charge in [-0.05, 0) is 12.1 Å². The number of rotatable bonds is 5. The molecular weight excluding hydrogens is 330 g/mol. The predicted molar refractivity (Wildman–Crippen MR) is 74.0 cm³/mol. The summed E-state index contributed by atoms with van der Waals surface area (Å²) in [5.41, 5.74) is 0.0840. The van der Waals surface area contributed by atoms with Gasteiger partial charge in [-0.1, -0.05) is 6.07 Å². The number of hydrogen-bond acceptors (Lipinski definition) is 6. The minimum Gasteiger partial charge on any atom is -0.415 e. The van der Waals surface area contributed by atoms with E-state index in [9.17, 15) is 17.6 Å². The SMILES string of the molecule is Fc1cccc(F)c1CNc1ncc(-c2nnc(C(F)F)o2)cn1. The number of alkyl halides is 2. The van der Waals surface area contributed by atoms with Crippen LogP contribution in [0.25, 0.3) is 11.5 Å². The van der Waals surface area contributed by atoms with E-state index < -0.39 is 24.0 Å². The minimum atomic E-state index is -2.87. The van der Waals surface area contributed by atoms with Crippen LogP contribution in [0.15, 0.2) is 35.0 Å². The molecule has 0 atom stereocenters. The summed E-state index contributed by atoms with van der Waals surface area (Å²) in [6, 6.07) is 3.54. The summed E-state index contributed by atoms with van der Waals surface area (Å²) in [6.07, 6.45) is -0.352. The zero-order valence-corrected chi connectivity index (χ0v) is 11.9. The van der Waals surface area contributed by atoms with Gasteiger partial charge in [-0.3, -0.25) is 0 Å². The van der Waals surface area contributed by atoms with Crippen LogP contribution in [0, 0.1) is 11.6 Å². The highest BCUT2D eigenvalue weighted by atomic mass is 19.3. The van der Waals surface area contributed by atoms with Crippen molar-refractivity contribution in [2.24, 2.45) is 0 Å². The van der Waals surface area contributed by atoms with Crippen LogP contribution in [0.4, 0.5) is 23.5 Å². The van der Waals surface area contributed by atoms with Gasteiger partial charge < -0.3 is 9.73 Å². The fraction of sp³-hybridized carbons (Fsp3) is 0.143. The van der Waals surface area contributed by atoms with Gasteiger partial charge in [0.1, 0.15) is 11.6 Å². The van der Waals surface area contributed by atoms with Crippen molar-refractivity contribution in [2.45, 2.75) is 13.0 Å². The van der Waals surface area contributed by atoms with E-state index in [2.05, 4.69) is 25.5 Å². The van der Waals surface area contributed by atoms with Crippen LogP contribution >= 0.6 is 0 Å². The lowest BCUT2D eigenvalue weighted by molar-refractivity contribution is 0.116. The van der Waals surface area contributed by atoms with Gasteiger partial charge in [0.2, 0.25) is 5.95 Å². The Balaban J connectivity index is 1.70. The van der Waals surface area contributed by atoms with Crippen LogP contribution < -0.4 is 5.32 Å². The summed E-state index contributed by atoms with van der Waals surface area (Å²) < 4.78 is 56.5. The third-order valence-electron chi connectivity index (χ3n) is 3.01. The molecule has 0 bridgehead atoms. The fourth-order valence-electron chi connectivity index (χ4n) is 1.84. The van der Waals surface area contributed by atoms with Crippen molar-refractivity contribution in [2.75, 3.05) is 5.32 Å². The van der Waals surface area contributed by atoms with Gasteiger partial charge in [-0.25, -0.2) is 18.7 Å². The number of nitrogens with one attached hydrogen (secondary N) is 1. The number of benzene rings is 1. The molecule has 0 fully saturated rings. The molecule has 2 heterocycles. The van der Waals surface area contributed by atoms with Crippen molar-refractivity contribution in [3.63, 3.8) is 0 Å².